The molecule has 1 aliphatic heterocycles. The third-order valence-electron chi connectivity index (χ3n) is 3.29. The Morgan fingerprint density at radius 1 is 1.30 bits per heavy atom. The lowest BCUT2D eigenvalue weighted by atomic mass is 9.95. The molecule has 1 saturated heterocycles. The molecule has 1 aliphatic rings. The second kappa shape index (κ2) is 6.05. The maximum absolute atomic E-state index is 12.2. The van der Waals surface area contributed by atoms with Crippen molar-refractivity contribution in [1.82, 2.24) is 4.90 Å². The largest absolute Gasteiger partial charge is 0.468 e. The summed E-state index contributed by atoms with van der Waals surface area (Å²) in [6.45, 7) is 0.286. The van der Waals surface area contributed by atoms with E-state index in [2.05, 4.69) is 4.74 Å². The number of ether oxygens (including phenoxy) is 1. The van der Waals surface area contributed by atoms with Gasteiger partial charge in [-0.1, -0.05) is 11.6 Å². The summed E-state index contributed by atoms with van der Waals surface area (Å²) < 4.78 is 4.58. The Kier molecular flexibility index (Phi) is 4.39. The highest BCUT2D eigenvalue weighted by atomic mass is 35.5. The smallest absolute Gasteiger partial charge is 0.316 e. The zero-order valence-electron chi connectivity index (χ0n) is 11.0. The number of carbonyl (C=O) groups excluding carboxylic acids is 3. The highest BCUT2D eigenvalue weighted by Gasteiger charge is 2.35. The predicted octanol–water partition coefficient (Wildman–Crippen LogP) is 1.54. The summed E-state index contributed by atoms with van der Waals surface area (Å²) in [6, 6.07) is 6.47. The van der Waals surface area contributed by atoms with Crippen LogP contribution in [0.25, 0.3) is 0 Å². The van der Waals surface area contributed by atoms with E-state index in [1.165, 1.54) is 12.0 Å². The molecular weight excluding hydrogens is 282 g/mol. The van der Waals surface area contributed by atoms with Crippen molar-refractivity contribution in [1.29, 1.82) is 0 Å². The molecule has 0 spiro atoms. The van der Waals surface area contributed by atoms with Gasteiger partial charge in [-0.05, 0) is 30.7 Å². The van der Waals surface area contributed by atoms with Crippen LogP contribution in [0.5, 0.6) is 0 Å². The van der Waals surface area contributed by atoms with Crippen molar-refractivity contribution in [2.45, 2.75) is 6.42 Å². The maximum Gasteiger partial charge on any atom is 0.316 e. The van der Waals surface area contributed by atoms with Crippen LogP contribution in [0.1, 0.15) is 16.8 Å². The Morgan fingerprint density at radius 3 is 2.50 bits per heavy atom. The van der Waals surface area contributed by atoms with Gasteiger partial charge in [0.25, 0.3) is 5.91 Å². The first-order chi connectivity index (χ1) is 9.52. The number of amides is 1. The second-order valence-electron chi connectivity index (χ2n) is 4.56. The molecule has 1 amide bonds. The molecule has 1 heterocycles. The van der Waals surface area contributed by atoms with Gasteiger partial charge in [-0.3, -0.25) is 14.4 Å². The number of benzene rings is 1. The summed E-state index contributed by atoms with van der Waals surface area (Å²) in [5, 5.41) is 0.544. The van der Waals surface area contributed by atoms with Crippen molar-refractivity contribution in [2.24, 2.45) is 5.92 Å². The molecule has 5 nitrogen and oxygen atoms in total. The van der Waals surface area contributed by atoms with Gasteiger partial charge >= 0.3 is 5.97 Å². The minimum absolute atomic E-state index is 0.0682. The molecule has 0 aliphatic carbocycles. The van der Waals surface area contributed by atoms with E-state index in [0.29, 0.717) is 23.6 Å². The molecule has 0 aromatic heterocycles. The lowest BCUT2D eigenvalue weighted by Crippen LogP contribution is -2.46. The van der Waals surface area contributed by atoms with E-state index in [0.717, 1.165) is 0 Å². The van der Waals surface area contributed by atoms with Crippen LogP contribution in [0.15, 0.2) is 24.3 Å². The van der Waals surface area contributed by atoms with Gasteiger partial charge in [-0.15, -0.1) is 0 Å². The third-order valence-corrected chi connectivity index (χ3v) is 3.54. The van der Waals surface area contributed by atoms with Gasteiger partial charge < -0.3 is 9.64 Å². The standard InChI is InChI=1S/C14H14ClNO4/c1-20-14(19)11-6-7-16(8-12(11)17)13(18)9-2-4-10(15)5-3-9/h2-5,11H,6-8H2,1H3. The Morgan fingerprint density at radius 2 is 1.95 bits per heavy atom. The number of hydrogen-bond acceptors (Lipinski definition) is 4. The molecule has 1 aromatic rings. The molecule has 6 heteroatoms. The lowest BCUT2D eigenvalue weighted by molar-refractivity contribution is -0.151. The number of methoxy groups -OCH3 is 1. The van der Waals surface area contributed by atoms with E-state index < -0.39 is 11.9 Å². The van der Waals surface area contributed by atoms with E-state index in [4.69, 9.17) is 11.6 Å². The van der Waals surface area contributed by atoms with Crippen molar-refractivity contribution in [2.75, 3.05) is 20.2 Å². The molecule has 20 heavy (non-hydrogen) atoms. The van der Waals surface area contributed by atoms with Gasteiger partial charge in [0.05, 0.1) is 13.7 Å². The summed E-state index contributed by atoms with van der Waals surface area (Å²) in [4.78, 5) is 36.9. The number of nitrogens with zero attached hydrogens (tertiary/aromatic N) is 1. The van der Waals surface area contributed by atoms with E-state index in [9.17, 15) is 14.4 Å². The molecule has 0 N–H and O–H groups in total. The van der Waals surface area contributed by atoms with Crippen LogP contribution < -0.4 is 0 Å². The van der Waals surface area contributed by atoms with E-state index in [1.807, 2.05) is 0 Å². The van der Waals surface area contributed by atoms with Crippen molar-refractivity contribution in [3.05, 3.63) is 34.9 Å². The molecule has 0 saturated carbocycles. The normalized spacial score (nSPS) is 18.8. The highest BCUT2D eigenvalue weighted by Crippen LogP contribution is 2.18. The maximum atomic E-state index is 12.2. The Hall–Kier alpha value is -1.88. The number of likely N-dealkylation sites (tertiary alicyclic amines) is 1. The number of ketones is 1. The second-order valence-corrected chi connectivity index (χ2v) is 5.00. The van der Waals surface area contributed by atoms with Crippen molar-refractivity contribution >= 4 is 29.3 Å². The minimum atomic E-state index is -0.755. The summed E-state index contributed by atoms with van der Waals surface area (Å²) in [7, 11) is 1.25. The highest BCUT2D eigenvalue weighted by molar-refractivity contribution is 6.30. The summed E-state index contributed by atoms with van der Waals surface area (Å²) in [6.07, 6.45) is 0.296. The minimum Gasteiger partial charge on any atom is -0.468 e. The Balaban J connectivity index is 2.05. The SMILES string of the molecule is COC(=O)C1CCN(C(=O)c2ccc(Cl)cc2)CC1=O. The fourth-order valence-electron chi connectivity index (χ4n) is 2.16. The molecule has 1 unspecified atom stereocenters. The van der Waals surface area contributed by atoms with Crippen molar-refractivity contribution in [3.8, 4) is 0 Å². The predicted molar refractivity (Wildman–Crippen MR) is 72.5 cm³/mol. The number of halogens is 1. The number of piperidine rings is 1. The zero-order valence-corrected chi connectivity index (χ0v) is 11.7. The fourth-order valence-corrected chi connectivity index (χ4v) is 2.29. The average molecular weight is 296 g/mol. The summed E-state index contributed by atoms with van der Waals surface area (Å²) in [5.41, 5.74) is 0.471. The number of carbonyl (C=O) groups is 3. The van der Waals surface area contributed by atoms with Crippen LogP contribution in [-0.2, 0) is 14.3 Å². The van der Waals surface area contributed by atoms with Crippen LogP contribution in [0, 0.1) is 5.92 Å². The number of rotatable bonds is 2. The zero-order chi connectivity index (χ0) is 14.7. The van der Waals surface area contributed by atoms with Gasteiger partial charge in [-0.2, -0.15) is 0 Å². The quantitative estimate of drug-likeness (QED) is 0.613. The summed E-state index contributed by atoms with van der Waals surface area (Å²) in [5.74, 6) is -1.81. The molecule has 1 fully saturated rings. The average Bonchev–Trinajstić information content (AvgIpc) is 2.46. The molecular formula is C14H14ClNO4. The summed E-state index contributed by atoms with van der Waals surface area (Å²) >= 11 is 5.76. The molecule has 0 radical (unpaired) electrons. The van der Waals surface area contributed by atoms with Crippen LogP contribution in [0.2, 0.25) is 5.02 Å². The van der Waals surface area contributed by atoms with E-state index in [1.54, 1.807) is 24.3 Å². The lowest BCUT2D eigenvalue weighted by Gasteiger charge is -2.29. The fraction of sp³-hybridized carbons (Fsp3) is 0.357. The van der Waals surface area contributed by atoms with Gasteiger partial charge in [0.1, 0.15) is 5.92 Å². The first-order valence-electron chi connectivity index (χ1n) is 6.18. The Bertz CT molecular complexity index is 541. The molecule has 1 atom stereocenters. The van der Waals surface area contributed by atoms with E-state index in [-0.39, 0.29) is 18.2 Å². The molecule has 106 valence electrons. The third kappa shape index (κ3) is 2.99. The van der Waals surface area contributed by atoms with Gasteiger partial charge in [0, 0.05) is 17.1 Å². The van der Waals surface area contributed by atoms with Crippen LogP contribution in [0.4, 0.5) is 0 Å². The molecule has 1 aromatic carbocycles. The van der Waals surface area contributed by atoms with Gasteiger partial charge in [0.2, 0.25) is 0 Å². The molecule has 0 bridgehead atoms. The number of hydrogen-bond donors (Lipinski definition) is 0. The van der Waals surface area contributed by atoms with Crippen LogP contribution in [0.3, 0.4) is 0 Å². The number of esters is 1. The topological polar surface area (TPSA) is 63.7 Å². The van der Waals surface area contributed by atoms with Crippen molar-refractivity contribution < 1.29 is 19.1 Å². The van der Waals surface area contributed by atoms with Crippen LogP contribution in [-0.4, -0.2) is 42.8 Å². The monoisotopic (exact) mass is 295 g/mol. The van der Waals surface area contributed by atoms with Gasteiger partial charge in [-0.25, -0.2) is 0 Å². The van der Waals surface area contributed by atoms with Crippen molar-refractivity contribution in [3.63, 3.8) is 0 Å². The van der Waals surface area contributed by atoms with E-state index >= 15 is 0 Å². The molecule has 2 rings (SSSR count). The first kappa shape index (κ1) is 14.5. The number of Topliss-reactive ketones (excluding diaryl/α,β-unsaturated/α-hetero) is 1. The van der Waals surface area contributed by atoms with Gasteiger partial charge in [0.15, 0.2) is 5.78 Å². The first-order valence-corrected chi connectivity index (χ1v) is 6.56. The Labute approximate surface area is 121 Å². The van der Waals surface area contributed by atoms with Crippen LogP contribution >= 0.6 is 11.6 Å².